The van der Waals surface area contributed by atoms with E-state index in [1.165, 1.54) is 11.3 Å². The fourth-order valence-electron chi connectivity index (χ4n) is 3.00. The Morgan fingerprint density at radius 2 is 2.14 bits per heavy atom. The molecule has 0 unspecified atom stereocenters. The summed E-state index contributed by atoms with van der Waals surface area (Å²) in [7, 11) is 1.64. The van der Waals surface area contributed by atoms with Gasteiger partial charge in [0.05, 0.1) is 30.1 Å². The maximum absolute atomic E-state index is 12.5. The minimum atomic E-state index is -0.0544. The van der Waals surface area contributed by atoms with Crippen LogP contribution in [0.25, 0.3) is 11.5 Å². The van der Waals surface area contributed by atoms with Crippen molar-refractivity contribution in [2.45, 2.75) is 19.4 Å². The van der Waals surface area contributed by atoms with Gasteiger partial charge < -0.3 is 18.9 Å². The molecule has 1 amide bonds. The third kappa shape index (κ3) is 3.79. The molecule has 1 saturated heterocycles. The van der Waals surface area contributed by atoms with Crippen molar-refractivity contribution in [3.63, 3.8) is 0 Å². The van der Waals surface area contributed by atoms with Crippen LogP contribution >= 0.6 is 11.3 Å². The maximum Gasteiger partial charge on any atom is 0.264 e. The molecule has 146 valence electrons. The Kier molecular flexibility index (Phi) is 5.40. The van der Waals surface area contributed by atoms with E-state index in [-0.39, 0.29) is 12.0 Å². The Bertz CT molecular complexity index is 962. The zero-order valence-corrected chi connectivity index (χ0v) is 16.6. The van der Waals surface area contributed by atoms with Crippen LogP contribution in [-0.2, 0) is 11.2 Å². The summed E-state index contributed by atoms with van der Waals surface area (Å²) in [4.78, 5) is 19.5. The lowest BCUT2D eigenvalue weighted by Gasteiger charge is -2.39. The van der Waals surface area contributed by atoms with Crippen molar-refractivity contribution in [1.29, 1.82) is 0 Å². The molecule has 3 heterocycles. The summed E-state index contributed by atoms with van der Waals surface area (Å²) in [5.41, 5.74) is 1.77. The Morgan fingerprint density at radius 1 is 1.32 bits per heavy atom. The lowest BCUT2D eigenvalue weighted by molar-refractivity contribution is 0.0183. The third-order valence-corrected chi connectivity index (χ3v) is 5.61. The van der Waals surface area contributed by atoms with Crippen LogP contribution < -0.4 is 4.74 Å². The van der Waals surface area contributed by atoms with E-state index in [4.69, 9.17) is 14.0 Å². The van der Waals surface area contributed by atoms with Crippen LogP contribution in [0.5, 0.6) is 5.75 Å². The average molecular weight is 399 g/mol. The van der Waals surface area contributed by atoms with Gasteiger partial charge in [0.25, 0.3) is 11.8 Å². The van der Waals surface area contributed by atoms with E-state index >= 15 is 0 Å². The standard InChI is InChI=1S/C20H21N3O4S/c1-13-8-10-28-18(13)20(24)23-11-14(12-23)26-16-6-4-3-5-15(16)19-21-17(22-27-19)7-9-25-2/h3-6,8,10,14H,7,9,11-12H2,1-2H3. The quantitative estimate of drug-likeness (QED) is 0.607. The van der Waals surface area contributed by atoms with Crippen LogP contribution in [0.15, 0.2) is 40.2 Å². The molecule has 8 heteroatoms. The number of hydrogen-bond donors (Lipinski definition) is 0. The molecule has 7 nitrogen and oxygen atoms in total. The minimum Gasteiger partial charge on any atom is -0.486 e. The maximum atomic E-state index is 12.5. The van der Waals surface area contributed by atoms with Gasteiger partial charge in [0, 0.05) is 13.5 Å². The number of likely N-dealkylation sites (tertiary alicyclic amines) is 1. The predicted octanol–water partition coefficient (Wildman–Crippen LogP) is 3.20. The molecule has 1 aliphatic rings. The minimum absolute atomic E-state index is 0.0544. The van der Waals surface area contributed by atoms with Crippen LogP contribution in [0, 0.1) is 6.92 Å². The second-order valence-electron chi connectivity index (χ2n) is 6.64. The molecule has 28 heavy (non-hydrogen) atoms. The van der Waals surface area contributed by atoms with Crippen LogP contribution in [0.2, 0.25) is 0 Å². The van der Waals surface area contributed by atoms with Crippen molar-refractivity contribution in [1.82, 2.24) is 15.0 Å². The lowest BCUT2D eigenvalue weighted by atomic mass is 10.1. The van der Waals surface area contributed by atoms with E-state index < -0.39 is 0 Å². The number of rotatable bonds is 7. The van der Waals surface area contributed by atoms with Crippen molar-refractivity contribution in [3.8, 4) is 17.2 Å². The number of nitrogens with zero attached hydrogens (tertiary/aromatic N) is 3. The van der Waals surface area contributed by atoms with Crippen LogP contribution in [0.4, 0.5) is 0 Å². The zero-order valence-electron chi connectivity index (χ0n) is 15.8. The SMILES string of the molecule is COCCc1noc(-c2ccccc2OC2CN(C(=O)c3sccc3C)C2)n1. The van der Waals surface area contributed by atoms with E-state index in [1.54, 1.807) is 7.11 Å². The van der Waals surface area contributed by atoms with Gasteiger partial charge in [-0.15, -0.1) is 11.3 Å². The molecule has 0 radical (unpaired) electrons. The third-order valence-electron chi connectivity index (χ3n) is 4.60. The summed E-state index contributed by atoms with van der Waals surface area (Å²) >= 11 is 1.48. The van der Waals surface area contributed by atoms with E-state index in [1.807, 2.05) is 47.5 Å². The molecule has 0 bridgehead atoms. The molecule has 3 aromatic rings. The fourth-order valence-corrected chi connectivity index (χ4v) is 3.89. The zero-order chi connectivity index (χ0) is 19.5. The number of carbonyl (C=O) groups excluding carboxylic acids is 1. The van der Waals surface area contributed by atoms with E-state index in [2.05, 4.69) is 10.1 Å². The number of thiophene rings is 1. The molecule has 1 aromatic carbocycles. The average Bonchev–Trinajstić information content (AvgIpc) is 3.31. The Labute approximate surface area is 166 Å². The lowest BCUT2D eigenvalue weighted by Crippen LogP contribution is -2.56. The highest BCUT2D eigenvalue weighted by Gasteiger charge is 2.34. The fraction of sp³-hybridized carbons (Fsp3) is 0.350. The number of aryl methyl sites for hydroxylation is 1. The number of hydrogen-bond acceptors (Lipinski definition) is 7. The predicted molar refractivity (Wildman–Crippen MR) is 105 cm³/mol. The number of benzene rings is 1. The van der Waals surface area contributed by atoms with E-state index in [9.17, 15) is 4.79 Å². The number of para-hydroxylation sites is 1. The molecular formula is C20H21N3O4S. The van der Waals surface area contributed by atoms with Crippen molar-refractivity contribution < 1.29 is 18.8 Å². The first kappa shape index (κ1) is 18.6. The highest BCUT2D eigenvalue weighted by molar-refractivity contribution is 7.12. The van der Waals surface area contributed by atoms with Gasteiger partial charge in [0.15, 0.2) is 5.82 Å². The summed E-state index contributed by atoms with van der Waals surface area (Å²) in [6.45, 7) is 3.62. The van der Waals surface area contributed by atoms with Gasteiger partial charge in [0.2, 0.25) is 0 Å². The van der Waals surface area contributed by atoms with Crippen molar-refractivity contribution >= 4 is 17.2 Å². The van der Waals surface area contributed by atoms with Gasteiger partial charge in [-0.25, -0.2) is 0 Å². The molecule has 1 aliphatic heterocycles. The summed E-state index contributed by atoms with van der Waals surface area (Å²) in [5, 5.41) is 5.93. The smallest absolute Gasteiger partial charge is 0.264 e. The number of methoxy groups -OCH3 is 1. The molecule has 4 rings (SSSR count). The van der Waals surface area contributed by atoms with Crippen LogP contribution in [0.1, 0.15) is 21.1 Å². The summed E-state index contributed by atoms with van der Waals surface area (Å²) in [6, 6.07) is 9.53. The van der Waals surface area contributed by atoms with Gasteiger partial charge in [-0.1, -0.05) is 17.3 Å². The number of amides is 1. The highest BCUT2D eigenvalue weighted by atomic mass is 32.1. The molecule has 1 fully saturated rings. The van der Waals surface area contributed by atoms with Gasteiger partial charge in [0.1, 0.15) is 11.9 Å². The van der Waals surface area contributed by atoms with Gasteiger partial charge >= 0.3 is 0 Å². The number of ether oxygens (including phenoxy) is 2. The Morgan fingerprint density at radius 3 is 2.89 bits per heavy atom. The largest absolute Gasteiger partial charge is 0.486 e. The highest BCUT2D eigenvalue weighted by Crippen LogP contribution is 2.31. The molecule has 0 atom stereocenters. The van der Waals surface area contributed by atoms with E-state index in [0.29, 0.717) is 43.6 Å². The van der Waals surface area contributed by atoms with Crippen LogP contribution in [-0.4, -0.2) is 53.9 Å². The second kappa shape index (κ2) is 8.12. The van der Waals surface area contributed by atoms with E-state index in [0.717, 1.165) is 16.0 Å². The Balaban J connectivity index is 1.41. The first-order valence-electron chi connectivity index (χ1n) is 9.06. The van der Waals surface area contributed by atoms with Gasteiger partial charge in [-0.3, -0.25) is 4.79 Å². The second-order valence-corrected chi connectivity index (χ2v) is 7.55. The summed E-state index contributed by atoms with van der Waals surface area (Å²) < 4.78 is 16.5. The first-order valence-corrected chi connectivity index (χ1v) is 9.94. The molecular weight excluding hydrogens is 378 g/mol. The monoisotopic (exact) mass is 399 g/mol. The van der Waals surface area contributed by atoms with Crippen molar-refractivity contribution in [3.05, 3.63) is 52.0 Å². The molecule has 0 saturated carbocycles. The molecule has 0 aliphatic carbocycles. The summed E-state index contributed by atoms with van der Waals surface area (Å²) in [5.74, 6) is 1.76. The summed E-state index contributed by atoms with van der Waals surface area (Å²) in [6.07, 6.45) is 0.534. The number of carbonyl (C=O) groups is 1. The molecule has 0 spiro atoms. The van der Waals surface area contributed by atoms with Crippen LogP contribution in [0.3, 0.4) is 0 Å². The molecule has 2 aromatic heterocycles. The number of aromatic nitrogens is 2. The van der Waals surface area contributed by atoms with Gasteiger partial charge in [-0.2, -0.15) is 4.98 Å². The molecule has 0 N–H and O–H groups in total. The first-order chi connectivity index (χ1) is 13.7. The normalized spacial score (nSPS) is 14.1. The van der Waals surface area contributed by atoms with Crippen molar-refractivity contribution in [2.24, 2.45) is 0 Å². The topological polar surface area (TPSA) is 77.7 Å². The van der Waals surface area contributed by atoms with Crippen molar-refractivity contribution in [2.75, 3.05) is 26.8 Å². The van der Waals surface area contributed by atoms with Gasteiger partial charge in [-0.05, 0) is 36.1 Å². The Hall–Kier alpha value is -2.71.